The number of rotatable bonds is 9. The van der Waals surface area contributed by atoms with Gasteiger partial charge in [0, 0.05) is 13.0 Å². The van der Waals surface area contributed by atoms with Gasteiger partial charge in [0.2, 0.25) is 5.91 Å². The van der Waals surface area contributed by atoms with Crippen LogP contribution >= 0.6 is 0 Å². The molecular weight excluding hydrogens is 357 g/mol. The number of methoxy groups -OCH3 is 1. The molecule has 5 heteroatoms. The van der Waals surface area contributed by atoms with Crippen LogP contribution in [0.2, 0.25) is 0 Å². The maximum Gasteiger partial charge on any atom is 0.337 e. The summed E-state index contributed by atoms with van der Waals surface area (Å²) in [4.78, 5) is 25.5. The summed E-state index contributed by atoms with van der Waals surface area (Å²) in [7, 11) is 1.35. The molecule has 152 valence electrons. The van der Waals surface area contributed by atoms with E-state index in [1.807, 2.05) is 30.0 Å². The zero-order valence-corrected chi connectivity index (χ0v) is 17.0. The van der Waals surface area contributed by atoms with E-state index < -0.39 is 0 Å². The lowest BCUT2D eigenvalue weighted by molar-refractivity contribution is -0.128. The largest absolute Gasteiger partial charge is 0.465 e. The number of hydrogen-bond donors (Lipinski definition) is 0. The maximum absolute atomic E-state index is 14.2. The van der Waals surface area contributed by atoms with Crippen LogP contribution in [0.3, 0.4) is 0 Å². The molecule has 0 aliphatic carbocycles. The summed E-state index contributed by atoms with van der Waals surface area (Å²) < 4.78 is 18.9. The molecule has 0 spiro atoms. The fourth-order valence-corrected chi connectivity index (χ4v) is 3.32. The number of benzene rings is 1. The smallest absolute Gasteiger partial charge is 0.337 e. The molecule has 4 nitrogen and oxygen atoms in total. The molecule has 0 N–H and O–H groups in total. The summed E-state index contributed by atoms with van der Waals surface area (Å²) >= 11 is 0. The molecule has 0 bridgehead atoms. The molecule has 1 aromatic rings. The Kier molecular flexibility index (Phi) is 8.42. The highest BCUT2D eigenvalue weighted by atomic mass is 19.1. The third-order valence-corrected chi connectivity index (χ3v) is 5.17. The Bertz CT molecular complexity index is 737. The number of carbonyl (C=O) groups excluding carboxylic acids is 2. The van der Waals surface area contributed by atoms with Crippen LogP contribution in [0, 0.1) is 0 Å². The van der Waals surface area contributed by atoms with E-state index in [1.54, 1.807) is 12.1 Å². The molecule has 2 rings (SSSR count). The van der Waals surface area contributed by atoms with Crippen LogP contribution in [0.4, 0.5) is 4.39 Å². The van der Waals surface area contributed by atoms with Crippen molar-refractivity contribution in [1.29, 1.82) is 0 Å². The van der Waals surface area contributed by atoms with E-state index in [0.717, 1.165) is 36.8 Å². The molecular formula is C23H30FNO3. The Balaban J connectivity index is 1.96. The van der Waals surface area contributed by atoms with Crippen LogP contribution in [0.5, 0.6) is 0 Å². The molecule has 1 saturated heterocycles. The summed E-state index contributed by atoms with van der Waals surface area (Å²) in [5.74, 6) is -0.449. The van der Waals surface area contributed by atoms with Crippen molar-refractivity contribution in [2.45, 2.75) is 58.4 Å². The van der Waals surface area contributed by atoms with Gasteiger partial charge in [-0.05, 0) is 62.0 Å². The molecule has 1 atom stereocenters. The number of ether oxygens (including phenoxy) is 1. The van der Waals surface area contributed by atoms with E-state index in [2.05, 4.69) is 6.92 Å². The Labute approximate surface area is 167 Å². The van der Waals surface area contributed by atoms with Gasteiger partial charge in [-0.1, -0.05) is 31.6 Å². The lowest BCUT2D eigenvalue weighted by Crippen LogP contribution is -2.33. The Morgan fingerprint density at radius 2 is 2.04 bits per heavy atom. The van der Waals surface area contributed by atoms with E-state index in [0.29, 0.717) is 24.9 Å². The lowest BCUT2D eigenvalue weighted by atomic mass is 10.1. The van der Waals surface area contributed by atoms with Crippen LogP contribution in [0.15, 0.2) is 47.8 Å². The van der Waals surface area contributed by atoms with Crippen LogP contribution in [-0.4, -0.2) is 36.5 Å². The molecule has 1 aliphatic heterocycles. The first-order valence-corrected chi connectivity index (χ1v) is 9.96. The molecule has 1 amide bonds. The molecule has 1 fully saturated rings. The molecule has 1 aliphatic rings. The minimum Gasteiger partial charge on any atom is -0.465 e. The number of nitrogens with zero attached hydrogens (tertiary/aromatic N) is 1. The topological polar surface area (TPSA) is 46.6 Å². The summed E-state index contributed by atoms with van der Waals surface area (Å²) in [6.07, 6.45) is 8.03. The highest BCUT2D eigenvalue weighted by Crippen LogP contribution is 2.22. The third kappa shape index (κ3) is 6.04. The zero-order chi connectivity index (χ0) is 20.5. The lowest BCUT2D eigenvalue weighted by Gasteiger charge is -2.22. The predicted octanol–water partition coefficient (Wildman–Crippen LogP) is 5.00. The SMILES string of the molecule is CCCC/C(C)=C(\F)C=C[C@H]1CCC(=O)N1CCc1ccc(C(=O)OC)cc1. The summed E-state index contributed by atoms with van der Waals surface area (Å²) in [5.41, 5.74) is 2.31. The number of carbonyl (C=O) groups is 2. The van der Waals surface area contributed by atoms with Gasteiger partial charge in [0.05, 0.1) is 18.7 Å². The van der Waals surface area contributed by atoms with Crippen LogP contribution < -0.4 is 0 Å². The third-order valence-electron chi connectivity index (χ3n) is 5.17. The van der Waals surface area contributed by atoms with Gasteiger partial charge < -0.3 is 9.64 Å². The molecule has 0 saturated carbocycles. The molecule has 0 radical (unpaired) electrons. The fraction of sp³-hybridized carbons (Fsp3) is 0.478. The van der Waals surface area contributed by atoms with E-state index in [4.69, 9.17) is 4.74 Å². The predicted molar refractivity (Wildman–Crippen MR) is 109 cm³/mol. The minimum atomic E-state index is -0.365. The molecule has 0 aromatic heterocycles. The quantitative estimate of drug-likeness (QED) is 0.443. The van der Waals surface area contributed by atoms with Crippen LogP contribution in [-0.2, 0) is 16.0 Å². The van der Waals surface area contributed by atoms with Gasteiger partial charge >= 0.3 is 5.97 Å². The highest BCUT2D eigenvalue weighted by Gasteiger charge is 2.28. The number of amides is 1. The van der Waals surface area contributed by atoms with Gasteiger partial charge in [0.25, 0.3) is 0 Å². The van der Waals surface area contributed by atoms with Crippen molar-refractivity contribution in [3.8, 4) is 0 Å². The Morgan fingerprint density at radius 3 is 2.68 bits per heavy atom. The van der Waals surface area contributed by atoms with Crippen molar-refractivity contribution in [2.24, 2.45) is 0 Å². The first kappa shape index (κ1) is 21.9. The van der Waals surface area contributed by atoms with Gasteiger partial charge in [0.15, 0.2) is 0 Å². The second-order valence-corrected chi connectivity index (χ2v) is 7.22. The second-order valence-electron chi connectivity index (χ2n) is 7.22. The van der Waals surface area contributed by atoms with Crippen molar-refractivity contribution in [3.05, 3.63) is 58.9 Å². The number of hydrogen-bond acceptors (Lipinski definition) is 3. The van der Waals surface area contributed by atoms with Gasteiger partial charge in [-0.2, -0.15) is 0 Å². The zero-order valence-electron chi connectivity index (χ0n) is 17.0. The maximum atomic E-state index is 14.2. The summed E-state index contributed by atoms with van der Waals surface area (Å²) in [5, 5.41) is 0. The van der Waals surface area contributed by atoms with Crippen LogP contribution in [0.25, 0.3) is 0 Å². The van der Waals surface area contributed by atoms with Gasteiger partial charge in [-0.25, -0.2) is 9.18 Å². The van der Waals surface area contributed by atoms with E-state index >= 15 is 0 Å². The molecule has 1 heterocycles. The number of likely N-dealkylation sites (tertiary alicyclic amines) is 1. The van der Waals surface area contributed by atoms with Crippen molar-refractivity contribution in [3.63, 3.8) is 0 Å². The van der Waals surface area contributed by atoms with Crippen LogP contribution in [0.1, 0.15) is 61.9 Å². The minimum absolute atomic E-state index is 0.0634. The van der Waals surface area contributed by atoms with E-state index in [1.165, 1.54) is 13.2 Å². The van der Waals surface area contributed by atoms with Gasteiger partial charge in [0.1, 0.15) is 5.83 Å². The normalized spacial score (nSPS) is 17.9. The monoisotopic (exact) mass is 387 g/mol. The number of halogens is 1. The van der Waals surface area contributed by atoms with Gasteiger partial charge in [-0.15, -0.1) is 0 Å². The molecule has 1 aromatic carbocycles. The van der Waals surface area contributed by atoms with E-state index in [9.17, 15) is 14.0 Å². The molecule has 0 unspecified atom stereocenters. The number of esters is 1. The van der Waals surface area contributed by atoms with Crippen molar-refractivity contribution in [1.82, 2.24) is 4.90 Å². The summed E-state index contributed by atoms with van der Waals surface area (Å²) in [6, 6.07) is 7.13. The highest BCUT2D eigenvalue weighted by molar-refractivity contribution is 5.89. The standard InChI is InChI=1S/C23H30FNO3/c1-4-5-6-17(2)21(24)13-11-20-12-14-22(26)25(20)16-15-18-7-9-19(10-8-18)23(27)28-3/h7-11,13,20H,4-6,12,14-16H2,1-3H3/b13-11?,21-17-/t20-/m0/s1. The van der Waals surface area contributed by atoms with Gasteiger partial charge in [-0.3, -0.25) is 4.79 Å². The Hall–Kier alpha value is -2.43. The van der Waals surface area contributed by atoms with E-state index in [-0.39, 0.29) is 23.7 Å². The Morgan fingerprint density at radius 1 is 1.32 bits per heavy atom. The fourth-order valence-electron chi connectivity index (χ4n) is 3.32. The number of allylic oxidation sites excluding steroid dienone is 3. The average molecular weight is 387 g/mol. The average Bonchev–Trinajstić information content (AvgIpc) is 3.07. The van der Waals surface area contributed by atoms with Crippen molar-refractivity contribution < 1.29 is 18.7 Å². The van der Waals surface area contributed by atoms with Crippen molar-refractivity contribution >= 4 is 11.9 Å². The number of unbranched alkanes of at least 4 members (excludes halogenated alkanes) is 1. The summed E-state index contributed by atoms with van der Waals surface area (Å²) in [6.45, 7) is 4.49. The van der Waals surface area contributed by atoms with Crippen molar-refractivity contribution in [2.75, 3.05) is 13.7 Å². The first-order valence-electron chi connectivity index (χ1n) is 9.96. The second kappa shape index (κ2) is 10.8. The molecule has 28 heavy (non-hydrogen) atoms. The first-order chi connectivity index (χ1) is 13.5.